The third-order valence-electron chi connectivity index (χ3n) is 1.60. The van der Waals surface area contributed by atoms with Gasteiger partial charge in [-0.05, 0) is 0 Å². The summed E-state index contributed by atoms with van der Waals surface area (Å²) >= 11 is 0. The number of nitrogens with zero attached hydrogens (tertiary/aromatic N) is 1. The van der Waals surface area contributed by atoms with E-state index in [1.54, 1.807) is 0 Å². The normalized spacial score (nSPS) is 9.86. The number of ether oxygens (including phenoxy) is 2. The van der Waals surface area contributed by atoms with Crippen molar-refractivity contribution in [1.29, 1.82) is 0 Å². The average molecular weight is 205 g/mol. The molecule has 6 nitrogen and oxygen atoms in total. The van der Waals surface area contributed by atoms with E-state index in [1.807, 2.05) is 0 Å². The SMILES string of the molecule is COCCN(CCOC)C(=O)C(=O)O. The molecule has 14 heavy (non-hydrogen) atoms. The third-order valence-corrected chi connectivity index (χ3v) is 1.60. The fourth-order valence-corrected chi connectivity index (χ4v) is 0.853. The number of carbonyl (C=O) groups is 2. The second-order valence-corrected chi connectivity index (χ2v) is 2.58. The smallest absolute Gasteiger partial charge is 0.394 e. The first-order valence-corrected chi connectivity index (χ1v) is 4.13. The summed E-state index contributed by atoms with van der Waals surface area (Å²) in [5, 5.41) is 8.48. The highest BCUT2D eigenvalue weighted by Gasteiger charge is 2.19. The molecule has 0 fully saturated rings. The second kappa shape index (κ2) is 7.28. The number of aliphatic carboxylic acids is 1. The van der Waals surface area contributed by atoms with Gasteiger partial charge in [-0.3, -0.25) is 4.79 Å². The lowest BCUT2D eigenvalue weighted by molar-refractivity contribution is -0.156. The van der Waals surface area contributed by atoms with Gasteiger partial charge in [0.15, 0.2) is 0 Å². The predicted molar refractivity (Wildman–Crippen MR) is 48.0 cm³/mol. The first-order chi connectivity index (χ1) is 6.63. The van der Waals surface area contributed by atoms with Crippen LogP contribution in [0.3, 0.4) is 0 Å². The van der Waals surface area contributed by atoms with Gasteiger partial charge in [0, 0.05) is 27.3 Å². The Balaban J connectivity index is 4.08. The van der Waals surface area contributed by atoms with Crippen molar-refractivity contribution in [2.24, 2.45) is 0 Å². The molecule has 0 aliphatic heterocycles. The van der Waals surface area contributed by atoms with Gasteiger partial charge < -0.3 is 19.5 Å². The molecule has 0 radical (unpaired) electrons. The lowest BCUT2D eigenvalue weighted by Gasteiger charge is -2.19. The summed E-state index contributed by atoms with van der Waals surface area (Å²) in [6.07, 6.45) is 0. The first-order valence-electron chi connectivity index (χ1n) is 4.13. The third kappa shape index (κ3) is 4.78. The Labute approximate surface area is 82.4 Å². The van der Waals surface area contributed by atoms with E-state index in [2.05, 4.69) is 0 Å². The highest BCUT2D eigenvalue weighted by atomic mass is 16.5. The van der Waals surface area contributed by atoms with Gasteiger partial charge in [0.1, 0.15) is 0 Å². The molecular weight excluding hydrogens is 190 g/mol. The largest absolute Gasteiger partial charge is 0.474 e. The van der Waals surface area contributed by atoms with Gasteiger partial charge in [-0.1, -0.05) is 0 Å². The predicted octanol–water partition coefficient (Wildman–Crippen LogP) is -0.808. The van der Waals surface area contributed by atoms with Crippen molar-refractivity contribution in [3.05, 3.63) is 0 Å². The van der Waals surface area contributed by atoms with E-state index in [0.29, 0.717) is 13.2 Å². The van der Waals surface area contributed by atoms with Crippen LogP contribution in [0.4, 0.5) is 0 Å². The number of methoxy groups -OCH3 is 2. The summed E-state index contributed by atoms with van der Waals surface area (Å²) in [6.45, 7) is 1.13. The van der Waals surface area contributed by atoms with E-state index in [9.17, 15) is 9.59 Å². The molecule has 82 valence electrons. The van der Waals surface area contributed by atoms with E-state index in [1.165, 1.54) is 19.1 Å². The maximum absolute atomic E-state index is 11.1. The minimum Gasteiger partial charge on any atom is -0.474 e. The number of rotatable bonds is 6. The summed E-state index contributed by atoms with van der Waals surface area (Å²) in [4.78, 5) is 22.6. The fraction of sp³-hybridized carbons (Fsp3) is 0.750. The molecule has 0 bridgehead atoms. The molecule has 0 aromatic rings. The van der Waals surface area contributed by atoms with Gasteiger partial charge in [-0.15, -0.1) is 0 Å². The van der Waals surface area contributed by atoms with Crippen LogP contribution in [0.15, 0.2) is 0 Å². The topological polar surface area (TPSA) is 76.1 Å². The molecule has 1 N–H and O–H groups in total. The van der Waals surface area contributed by atoms with E-state index in [4.69, 9.17) is 14.6 Å². The molecule has 0 aliphatic rings. The Hall–Kier alpha value is -1.14. The number of carboxylic acid groups (broad SMARTS) is 1. The number of hydrogen-bond acceptors (Lipinski definition) is 4. The number of amides is 1. The summed E-state index contributed by atoms with van der Waals surface area (Å²) in [7, 11) is 2.97. The average Bonchev–Trinajstić information content (AvgIpc) is 2.17. The van der Waals surface area contributed by atoms with Crippen molar-refractivity contribution in [2.75, 3.05) is 40.5 Å². The van der Waals surface area contributed by atoms with Gasteiger partial charge in [0.05, 0.1) is 13.2 Å². The molecule has 0 saturated carbocycles. The van der Waals surface area contributed by atoms with Crippen LogP contribution < -0.4 is 0 Å². The molecule has 0 rings (SSSR count). The highest BCUT2D eigenvalue weighted by Crippen LogP contribution is 1.91. The zero-order chi connectivity index (χ0) is 11.0. The molecule has 0 unspecified atom stereocenters. The quantitative estimate of drug-likeness (QED) is 0.574. The van der Waals surface area contributed by atoms with Gasteiger partial charge in [-0.25, -0.2) is 4.79 Å². The zero-order valence-electron chi connectivity index (χ0n) is 8.36. The monoisotopic (exact) mass is 205 g/mol. The molecule has 0 heterocycles. The van der Waals surface area contributed by atoms with Crippen LogP contribution in [0, 0.1) is 0 Å². The van der Waals surface area contributed by atoms with Crippen molar-refractivity contribution in [1.82, 2.24) is 4.90 Å². The second-order valence-electron chi connectivity index (χ2n) is 2.58. The summed E-state index contributed by atoms with van der Waals surface area (Å²) < 4.78 is 9.51. The molecule has 6 heteroatoms. The van der Waals surface area contributed by atoms with Crippen LogP contribution in [0.2, 0.25) is 0 Å². The maximum Gasteiger partial charge on any atom is 0.394 e. The Morgan fingerprint density at radius 3 is 1.86 bits per heavy atom. The Bertz CT molecular complexity index is 186. The first kappa shape index (κ1) is 12.9. The van der Waals surface area contributed by atoms with Crippen molar-refractivity contribution < 1.29 is 24.2 Å². The van der Waals surface area contributed by atoms with Crippen molar-refractivity contribution in [2.45, 2.75) is 0 Å². The van der Waals surface area contributed by atoms with Gasteiger partial charge >= 0.3 is 11.9 Å². The van der Waals surface area contributed by atoms with Crippen molar-refractivity contribution in [3.8, 4) is 0 Å². The van der Waals surface area contributed by atoms with Crippen LogP contribution in [-0.2, 0) is 19.1 Å². The summed E-state index contributed by atoms with van der Waals surface area (Å²) in [5.41, 5.74) is 0. The van der Waals surface area contributed by atoms with Gasteiger partial charge in [-0.2, -0.15) is 0 Å². The lowest BCUT2D eigenvalue weighted by Crippen LogP contribution is -2.40. The van der Waals surface area contributed by atoms with Crippen LogP contribution in [0.5, 0.6) is 0 Å². The maximum atomic E-state index is 11.1. The van der Waals surface area contributed by atoms with Crippen molar-refractivity contribution >= 4 is 11.9 Å². The molecular formula is C8H15NO5. The molecule has 0 saturated heterocycles. The zero-order valence-corrected chi connectivity index (χ0v) is 8.36. The molecule has 1 amide bonds. The van der Waals surface area contributed by atoms with Gasteiger partial charge in [0.25, 0.3) is 0 Å². The number of carboxylic acids is 1. The summed E-state index contributed by atoms with van der Waals surface area (Å²) in [6, 6.07) is 0. The number of hydrogen-bond donors (Lipinski definition) is 1. The summed E-state index contributed by atoms with van der Waals surface area (Å²) in [5.74, 6) is -2.39. The molecule has 0 atom stereocenters. The van der Waals surface area contributed by atoms with Crippen LogP contribution in [-0.4, -0.2) is 62.4 Å². The molecule has 0 aliphatic carbocycles. The molecule has 0 aromatic carbocycles. The lowest BCUT2D eigenvalue weighted by atomic mass is 10.4. The van der Waals surface area contributed by atoms with E-state index < -0.39 is 11.9 Å². The Kier molecular flexibility index (Phi) is 6.69. The van der Waals surface area contributed by atoms with Crippen LogP contribution >= 0.6 is 0 Å². The minimum atomic E-state index is -1.46. The fourth-order valence-electron chi connectivity index (χ4n) is 0.853. The highest BCUT2D eigenvalue weighted by molar-refractivity contribution is 6.31. The standard InChI is InChI=1S/C8H15NO5/c1-13-5-3-9(4-6-14-2)7(10)8(11)12/h3-6H2,1-2H3,(H,11,12). The Morgan fingerprint density at radius 1 is 1.14 bits per heavy atom. The van der Waals surface area contributed by atoms with Crippen LogP contribution in [0.1, 0.15) is 0 Å². The Morgan fingerprint density at radius 2 is 1.57 bits per heavy atom. The van der Waals surface area contributed by atoms with E-state index >= 15 is 0 Å². The molecule has 0 aromatic heterocycles. The van der Waals surface area contributed by atoms with E-state index in [0.717, 1.165) is 0 Å². The minimum absolute atomic E-state index is 0.255. The van der Waals surface area contributed by atoms with Crippen molar-refractivity contribution in [3.63, 3.8) is 0 Å². The number of carbonyl (C=O) groups excluding carboxylic acids is 1. The van der Waals surface area contributed by atoms with Gasteiger partial charge in [0.2, 0.25) is 0 Å². The van der Waals surface area contributed by atoms with Crippen LogP contribution in [0.25, 0.3) is 0 Å². The molecule has 0 spiro atoms. The van der Waals surface area contributed by atoms with E-state index in [-0.39, 0.29) is 13.1 Å².